The normalized spacial score (nSPS) is 22.0. The predicted molar refractivity (Wildman–Crippen MR) is 90.2 cm³/mol. The molecule has 5 heteroatoms. The molecular formula is C18H27N3O2. The molecule has 1 atom stereocenters. The standard InChI is InChI=1S/C18H27N3O2/c19-17(14-4-2-1-3-5-14)18(23)21-10-7-13(8-11-21)15-6-9-20-16(22)12-15/h6,9,12-14,17H,1-5,7-8,10-11,19H2,(H,20,22)/t17-/m0/s1. The minimum atomic E-state index is -0.327. The minimum Gasteiger partial charge on any atom is -0.341 e. The smallest absolute Gasteiger partial charge is 0.248 e. The third kappa shape index (κ3) is 3.83. The summed E-state index contributed by atoms with van der Waals surface area (Å²) in [5.74, 6) is 0.857. The highest BCUT2D eigenvalue weighted by atomic mass is 16.2. The topological polar surface area (TPSA) is 79.2 Å². The maximum absolute atomic E-state index is 12.6. The van der Waals surface area contributed by atoms with Gasteiger partial charge in [0.2, 0.25) is 11.5 Å². The van der Waals surface area contributed by atoms with Gasteiger partial charge < -0.3 is 15.6 Å². The van der Waals surface area contributed by atoms with Crippen molar-refractivity contribution in [2.24, 2.45) is 11.7 Å². The molecule has 1 aliphatic heterocycles. The zero-order valence-electron chi connectivity index (χ0n) is 13.7. The molecule has 126 valence electrons. The summed E-state index contributed by atoms with van der Waals surface area (Å²) in [4.78, 5) is 28.7. The lowest BCUT2D eigenvalue weighted by atomic mass is 9.83. The highest BCUT2D eigenvalue weighted by Gasteiger charge is 2.31. The molecular weight excluding hydrogens is 290 g/mol. The fraction of sp³-hybridized carbons (Fsp3) is 0.667. The fourth-order valence-corrected chi connectivity index (χ4v) is 4.05. The summed E-state index contributed by atoms with van der Waals surface area (Å²) in [5, 5.41) is 0. The number of H-pyrrole nitrogens is 1. The Morgan fingerprint density at radius 2 is 1.87 bits per heavy atom. The molecule has 0 radical (unpaired) electrons. The summed E-state index contributed by atoms with van der Waals surface area (Å²) < 4.78 is 0. The van der Waals surface area contributed by atoms with E-state index in [1.807, 2.05) is 11.0 Å². The molecule has 2 fully saturated rings. The number of carbonyl (C=O) groups excluding carboxylic acids is 1. The molecule has 5 nitrogen and oxygen atoms in total. The first kappa shape index (κ1) is 16.2. The van der Waals surface area contributed by atoms with Crippen LogP contribution < -0.4 is 11.3 Å². The molecule has 1 saturated heterocycles. The van der Waals surface area contributed by atoms with Gasteiger partial charge in [-0.25, -0.2) is 0 Å². The van der Waals surface area contributed by atoms with E-state index in [1.165, 1.54) is 19.3 Å². The van der Waals surface area contributed by atoms with E-state index in [1.54, 1.807) is 12.3 Å². The summed E-state index contributed by atoms with van der Waals surface area (Å²) >= 11 is 0. The number of rotatable bonds is 3. The molecule has 1 aromatic heterocycles. The van der Waals surface area contributed by atoms with Gasteiger partial charge in [-0.1, -0.05) is 19.3 Å². The zero-order valence-corrected chi connectivity index (χ0v) is 13.7. The number of hydrogen-bond donors (Lipinski definition) is 2. The van der Waals surface area contributed by atoms with Crippen LogP contribution in [-0.2, 0) is 4.79 Å². The van der Waals surface area contributed by atoms with Crippen molar-refractivity contribution in [3.05, 3.63) is 34.2 Å². The van der Waals surface area contributed by atoms with Crippen molar-refractivity contribution in [1.29, 1.82) is 0 Å². The Balaban J connectivity index is 1.55. The van der Waals surface area contributed by atoms with E-state index in [0.717, 1.165) is 44.3 Å². The van der Waals surface area contributed by atoms with Crippen LogP contribution in [0.4, 0.5) is 0 Å². The molecule has 0 spiro atoms. The second kappa shape index (κ2) is 7.30. The maximum atomic E-state index is 12.6. The lowest BCUT2D eigenvalue weighted by Gasteiger charge is -2.36. The van der Waals surface area contributed by atoms with Gasteiger partial charge in [-0.05, 0) is 49.1 Å². The lowest BCUT2D eigenvalue weighted by molar-refractivity contribution is -0.135. The second-order valence-corrected chi connectivity index (χ2v) is 7.01. The van der Waals surface area contributed by atoms with Crippen LogP contribution in [0.25, 0.3) is 0 Å². The molecule has 3 rings (SSSR count). The first-order valence-electron chi connectivity index (χ1n) is 8.88. The van der Waals surface area contributed by atoms with E-state index < -0.39 is 0 Å². The Morgan fingerprint density at radius 3 is 2.52 bits per heavy atom. The van der Waals surface area contributed by atoms with E-state index in [2.05, 4.69) is 4.98 Å². The van der Waals surface area contributed by atoms with Gasteiger partial charge in [0.15, 0.2) is 0 Å². The highest BCUT2D eigenvalue weighted by molar-refractivity contribution is 5.82. The van der Waals surface area contributed by atoms with E-state index in [9.17, 15) is 9.59 Å². The van der Waals surface area contributed by atoms with Crippen molar-refractivity contribution in [2.75, 3.05) is 13.1 Å². The number of aromatic nitrogens is 1. The Labute approximate surface area is 137 Å². The number of nitrogens with one attached hydrogen (secondary N) is 1. The molecule has 3 N–H and O–H groups in total. The monoisotopic (exact) mass is 317 g/mol. The number of pyridine rings is 1. The van der Waals surface area contributed by atoms with Gasteiger partial charge in [0.25, 0.3) is 0 Å². The van der Waals surface area contributed by atoms with Crippen LogP contribution in [0.15, 0.2) is 23.1 Å². The quantitative estimate of drug-likeness (QED) is 0.895. The Kier molecular flexibility index (Phi) is 5.16. The van der Waals surface area contributed by atoms with Gasteiger partial charge >= 0.3 is 0 Å². The van der Waals surface area contributed by atoms with Crippen molar-refractivity contribution < 1.29 is 4.79 Å². The van der Waals surface area contributed by atoms with Crippen molar-refractivity contribution >= 4 is 5.91 Å². The molecule has 0 aromatic carbocycles. The summed E-state index contributed by atoms with van der Waals surface area (Å²) in [5.41, 5.74) is 7.28. The molecule has 1 aromatic rings. The summed E-state index contributed by atoms with van der Waals surface area (Å²) in [6.07, 6.45) is 9.39. The lowest BCUT2D eigenvalue weighted by Crippen LogP contribution is -2.50. The van der Waals surface area contributed by atoms with Gasteiger partial charge in [-0.15, -0.1) is 0 Å². The SMILES string of the molecule is N[C@H](C(=O)N1CCC(c2cc[nH]c(=O)c2)CC1)C1CCCCC1. The van der Waals surface area contributed by atoms with Gasteiger partial charge in [0.05, 0.1) is 6.04 Å². The molecule has 0 unspecified atom stereocenters. The largest absolute Gasteiger partial charge is 0.341 e. The number of hydrogen-bond acceptors (Lipinski definition) is 3. The van der Waals surface area contributed by atoms with E-state index in [0.29, 0.717) is 11.8 Å². The van der Waals surface area contributed by atoms with Crippen LogP contribution in [-0.4, -0.2) is 34.9 Å². The highest BCUT2D eigenvalue weighted by Crippen LogP contribution is 2.29. The minimum absolute atomic E-state index is 0.0553. The van der Waals surface area contributed by atoms with Crippen LogP contribution in [0.1, 0.15) is 56.4 Å². The molecule has 1 saturated carbocycles. The van der Waals surface area contributed by atoms with Gasteiger partial charge in [0, 0.05) is 25.4 Å². The average Bonchev–Trinajstić information content (AvgIpc) is 2.61. The number of amides is 1. The van der Waals surface area contributed by atoms with Crippen LogP contribution in [0.3, 0.4) is 0 Å². The van der Waals surface area contributed by atoms with E-state index in [-0.39, 0.29) is 17.5 Å². The number of aromatic amines is 1. The van der Waals surface area contributed by atoms with Crippen LogP contribution in [0, 0.1) is 5.92 Å². The van der Waals surface area contributed by atoms with Crippen molar-refractivity contribution in [2.45, 2.75) is 56.9 Å². The Morgan fingerprint density at radius 1 is 1.17 bits per heavy atom. The first-order chi connectivity index (χ1) is 11.1. The van der Waals surface area contributed by atoms with Crippen molar-refractivity contribution in [3.63, 3.8) is 0 Å². The average molecular weight is 317 g/mol. The molecule has 1 amide bonds. The van der Waals surface area contributed by atoms with Crippen molar-refractivity contribution in [1.82, 2.24) is 9.88 Å². The molecule has 0 bridgehead atoms. The molecule has 1 aliphatic carbocycles. The van der Waals surface area contributed by atoms with Gasteiger partial charge in [-0.2, -0.15) is 0 Å². The van der Waals surface area contributed by atoms with E-state index in [4.69, 9.17) is 5.73 Å². The van der Waals surface area contributed by atoms with Crippen LogP contribution in [0.2, 0.25) is 0 Å². The second-order valence-electron chi connectivity index (χ2n) is 7.01. The Hall–Kier alpha value is -1.62. The summed E-state index contributed by atoms with van der Waals surface area (Å²) in [6, 6.07) is 3.32. The zero-order chi connectivity index (χ0) is 16.2. The van der Waals surface area contributed by atoms with E-state index >= 15 is 0 Å². The molecule has 2 heterocycles. The maximum Gasteiger partial charge on any atom is 0.248 e. The number of likely N-dealkylation sites (tertiary alicyclic amines) is 1. The summed E-state index contributed by atoms with van der Waals surface area (Å²) in [6.45, 7) is 1.49. The van der Waals surface area contributed by atoms with Crippen LogP contribution in [0.5, 0.6) is 0 Å². The van der Waals surface area contributed by atoms with Gasteiger partial charge in [0.1, 0.15) is 0 Å². The first-order valence-corrected chi connectivity index (χ1v) is 8.88. The molecule has 23 heavy (non-hydrogen) atoms. The molecule has 2 aliphatic rings. The van der Waals surface area contributed by atoms with Crippen molar-refractivity contribution in [3.8, 4) is 0 Å². The summed E-state index contributed by atoms with van der Waals surface area (Å²) in [7, 11) is 0. The third-order valence-corrected chi connectivity index (χ3v) is 5.52. The van der Waals surface area contributed by atoms with Gasteiger partial charge in [-0.3, -0.25) is 9.59 Å². The fourth-order valence-electron chi connectivity index (χ4n) is 4.05. The predicted octanol–water partition coefficient (Wildman–Crippen LogP) is 1.99. The number of carbonyl (C=O) groups is 1. The Bertz CT molecular complexity index is 584. The number of piperidine rings is 1. The third-order valence-electron chi connectivity index (χ3n) is 5.52. The number of nitrogens with zero attached hydrogens (tertiary/aromatic N) is 1. The van der Waals surface area contributed by atoms with Crippen LogP contribution >= 0.6 is 0 Å². The number of nitrogens with two attached hydrogens (primary N) is 1.